The van der Waals surface area contributed by atoms with Crippen molar-refractivity contribution < 1.29 is 17.5 Å². The van der Waals surface area contributed by atoms with Gasteiger partial charge in [-0.15, -0.1) is 0 Å². The van der Waals surface area contributed by atoms with Gasteiger partial charge in [-0.3, -0.25) is 4.90 Å². The van der Waals surface area contributed by atoms with Crippen LogP contribution in [0, 0.1) is 11.9 Å². The lowest BCUT2D eigenvalue weighted by Gasteiger charge is -2.46. The first-order valence-electron chi connectivity index (χ1n) is 12.6. The molecular formula is C28H30FN3O3S. The second-order valence-electron chi connectivity index (χ2n) is 10.1. The summed E-state index contributed by atoms with van der Waals surface area (Å²) in [6.45, 7) is 4.19. The molecule has 3 aliphatic heterocycles. The standard InChI is InChI=1S/C28H30FN3O3S/c29-28-27(8-4-11-30-28)36(33,34)19-21-16-32(17-21)22-9-10-26-24(15-22)23(14-20-6-2-1-3-7-20)25(18-35-26)31-12-5-13-31/h1-4,6-11,15,21,23,25H,5,12-14,16-19H2. The van der Waals surface area contributed by atoms with Gasteiger partial charge in [0.1, 0.15) is 17.3 Å². The summed E-state index contributed by atoms with van der Waals surface area (Å²) in [4.78, 5) is 7.92. The Morgan fingerprint density at radius 1 is 1.03 bits per heavy atom. The molecule has 0 bridgehead atoms. The summed E-state index contributed by atoms with van der Waals surface area (Å²) >= 11 is 0. The maximum absolute atomic E-state index is 14.0. The minimum absolute atomic E-state index is 0.0455. The van der Waals surface area contributed by atoms with E-state index in [4.69, 9.17) is 4.74 Å². The Morgan fingerprint density at radius 2 is 1.83 bits per heavy atom. The molecule has 2 atom stereocenters. The molecule has 3 aromatic rings. The summed E-state index contributed by atoms with van der Waals surface area (Å²) < 4.78 is 45.6. The summed E-state index contributed by atoms with van der Waals surface area (Å²) in [5, 5.41) is 0. The van der Waals surface area contributed by atoms with E-state index in [9.17, 15) is 12.8 Å². The molecule has 6 nitrogen and oxygen atoms in total. The highest BCUT2D eigenvalue weighted by Crippen LogP contribution is 2.42. The number of halogens is 1. The van der Waals surface area contributed by atoms with Gasteiger partial charge in [0.15, 0.2) is 9.84 Å². The third kappa shape index (κ3) is 4.48. The van der Waals surface area contributed by atoms with Crippen LogP contribution in [-0.4, -0.2) is 62.9 Å². The third-order valence-electron chi connectivity index (χ3n) is 7.76. The third-order valence-corrected chi connectivity index (χ3v) is 9.65. The van der Waals surface area contributed by atoms with Gasteiger partial charge < -0.3 is 9.64 Å². The minimum Gasteiger partial charge on any atom is -0.492 e. The Morgan fingerprint density at radius 3 is 2.56 bits per heavy atom. The van der Waals surface area contributed by atoms with Crippen molar-refractivity contribution in [2.24, 2.45) is 5.92 Å². The quantitative estimate of drug-likeness (QED) is 0.452. The first-order valence-corrected chi connectivity index (χ1v) is 14.3. The van der Waals surface area contributed by atoms with E-state index in [0.29, 0.717) is 31.7 Å². The molecule has 0 spiro atoms. The predicted molar refractivity (Wildman–Crippen MR) is 137 cm³/mol. The van der Waals surface area contributed by atoms with Gasteiger partial charge in [-0.1, -0.05) is 30.3 Å². The maximum atomic E-state index is 14.0. The van der Waals surface area contributed by atoms with E-state index in [1.165, 1.54) is 35.9 Å². The van der Waals surface area contributed by atoms with Crippen LogP contribution in [0.25, 0.3) is 0 Å². The average molecular weight is 508 g/mol. The average Bonchev–Trinajstić information content (AvgIpc) is 2.82. The summed E-state index contributed by atoms with van der Waals surface area (Å²) in [5.41, 5.74) is 3.64. The van der Waals surface area contributed by atoms with Gasteiger partial charge in [0.2, 0.25) is 5.95 Å². The fourth-order valence-corrected chi connectivity index (χ4v) is 7.29. The van der Waals surface area contributed by atoms with E-state index in [-0.39, 0.29) is 16.6 Å². The molecule has 0 radical (unpaired) electrons. The van der Waals surface area contributed by atoms with Crippen LogP contribution in [-0.2, 0) is 16.3 Å². The molecule has 4 heterocycles. The van der Waals surface area contributed by atoms with Crippen LogP contribution in [0.5, 0.6) is 5.75 Å². The van der Waals surface area contributed by atoms with Crippen LogP contribution in [0.15, 0.2) is 71.8 Å². The van der Waals surface area contributed by atoms with Crippen molar-refractivity contribution in [3.05, 3.63) is 83.9 Å². The Bertz CT molecular complexity index is 1340. The van der Waals surface area contributed by atoms with E-state index in [1.54, 1.807) is 0 Å². The number of ether oxygens (including phenoxy) is 1. The zero-order valence-corrected chi connectivity index (χ0v) is 20.9. The molecule has 8 heteroatoms. The molecule has 6 rings (SSSR count). The molecule has 0 amide bonds. The van der Waals surface area contributed by atoms with Crippen LogP contribution in [0.3, 0.4) is 0 Å². The highest BCUT2D eigenvalue weighted by molar-refractivity contribution is 7.91. The SMILES string of the molecule is O=S(=O)(CC1CN(c2ccc3c(c2)C(Cc2ccccc2)C(N2CCC2)CO3)C1)c1cccnc1F. The summed E-state index contributed by atoms with van der Waals surface area (Å²) in [7, 11) is -3.72. The van der Waals surface area contributed by atoms with Gasteiger partial charge in [-0.2, -0.15) is 4.39 Å². The Balaban J connectivity index is 1.20. The Labute approximate surface area is 211 Å². The van der Waals surface area contributed by atoms with Crippen molar-refractivity contribution in [3.8, 4) is 5.75 Å². The molecule has 0 saturated carbocycles. The number of rotatable bonds is 7. The van der Waals surface area contributed by atoms with E-state index in [2.05, 4.69) is 63.3 Å². The minimum atomic E-state index is -3.72. The number of aromatic nitrogens is 1. The van der Waals surface area contributed by atoms with Gasteiger partial charge in [-0.05, 0) is 61.8 Å². The van der Waals surface area contributed by atoms with Gasteiger partial charge in [0.05, 0.1) is 11.8 Å². The van der Waals surface area contributed by atoms with Crippen molar-refractivity contribution in [2.75, 3.05) is 43.4 Å². The highest BCUT2D eigenvalue weighted by atomic mass is 32.2. The number of hydrogen-bond donors (Lipinski definition) is 0. The number of likely N-dealkylation sites (tertiary alicyclic amines) is 1. The fourth-order valence-electron chi connectivity index (χ4n) is 5.69. The summed E-state index contributed by atoms with van der Waals surface area (Å²) in [6, 6.07) is 20.1. The number of benzene rings is 2. The number of pyridine rings is 1. The Hall–Kier alpha value is -2.97. The lowest BCUT2D eigenvalue weighted by atomic mass is 9.82. The molecule has 2 saturated heterocycles. The highest BCUT2D eigenvalue weighted by Gasteiger charge is 2.38. The number of nitrogens with zero attached hydrogens (tertiary/aromatic N) is 3. The van der Waals surface area contributed by atoms with E-state index < -0.39 is 15.8 Å². The molecule has 1 aromatic heterocycles. The van der Waals surface area contributed by atoms with Crippen molar-refractivity contribution in [1.29, 1.82) is 0 Å². The molecule has 3 aliphatic rings. The molecule has 2 unspecified atom stereocenters. The summed E-state index contributed by atoms with van der Waals surface area (Å²) in [5.74, 6) is 0.236. The topological polar surface area (TPSA) is 62.7 Å². The largest absolute Gasteiger partial charge is 0.492 e. The van der Waals surface area contributed by atoms with Gasteiger partial charge >= 0.3 is 0 Å². The molecular weight excluding hydrogens is 477 g/mol. The van der Waals surface area contributed by atoms with Crippen LogP contribution < -0.4 is 9.64 Å². The van der Waals surface area contributed by atoms with Gasteiger partial charge in [0.25, 0.3) is 0 Å². The monoisotopic (exact) mass is 507 g/mol. The van der Waals surface area contributed by atoms with Crippen molar-refractivity contribution in [2.45, 2.75) is 29.7 Å². The predicted octanol–water partition coefficient (Wildman–Crippen LogP) is 3.92. The molecule has 36 heavy (non-hydrogen) atoms. The van der Waals surface area contributed by atoms with E-state index in [1.807, 2.05) is 0 Å². The van der Waals surface area contributed by atoms with Gasteiger partial charge in [0, 0.05) is 42.4 Å². The molecule has 0 aliphatic carbocycles. The smallest absolute Gasteiger partial charge is 0.231 e. The molecule has 188 valence electrons. The van der Waals surface area contributed by atoms with E-state index in [0.717, 1.165) is 30.9 Å². The lowest BCUT2D eigenvalue weighted by molar-refractivity contribution is 0.0502. The maximum Gasteiger partial charge on any atom is 0.231 e. The second kappa shape index (κ2) is 9.48. The van der Waals surface area contributed by atoms with Crippen LogP contribution in [0.2, 0.25) is 0 Å². The zero-order valence-electron chi connectivity index (χ0n) is 20.1. The molecule has 2 fully saturated rings. The number of fused-ring (bicyclic) bond motifs is 1. The van der Waals surface area contributed by atoms with Crippen LogP contribution in [0.4, 0.5) is 10.1 Å². The second-order valence-corrected chi connectivity index (χ2v) is 12.1. The number of sulfone groups is 1. The molecule has 2 aromatic carbocycles. The lowest BCUT2D eigenvalue weighted by Crippen LogP contribution is -2.52. The molecule has 0 N–H and O–H groups in total. The van der Waals surface area contributed by atoms with Crippen molar-refractivity contribution >= 4 is 15.5 Å². The first kappa shape index (κ1) is 23.4. The van der Waals surface area contributed by atoms with E-state index >= 15 is 0 Å². The van der Waals surface area contributed by atoms with Crippen molar-refractivity contribution in [1.82, 2.24) is 9.88 Å². The Kier molecular flexibility index (Phi) is 6.17. The number of hydrogen-bond acceptors (Lipinski definition) is 6. The van der Waals surface area contributed by atoms with Crippen LogP contribution >= 0.6 is 0 Å². The zero-order chi connectivity index (χ0) is 24.7. The van der Waals surface area contributed by atoms with Crippen molar-refractivity contribution in [3.63, 3.8) is 0 Å². The van der Waals surface area contributed by atoms with Gasteiger partial charge in [-0.25, -0.2) is 13.4 Å². The normalized spacial score (nSPS) is 22.3. The summed E-state index contributed by atoms with van der Waals surface area (Å²) in [6.07, 6.45) is 3.46. The fraction of sp³-hybridized carbons (Fsp3) is 0.393. The first-order chi connectivity index (χ1) is 17.5. The van der Waals surface area contributed by atoms with Crippen LogP contribution in [0.1, 0.15) is 23.5 Å². The number of anilines is 1.